The molecule has 0 saturated heterocycles. The van der Waals surface area contributed by atoms with E-state index in [4.69, 9.17) is 5.11 Å². The SMILES string of the molecule is O=C(Nc1ccc(O)cc1C(=O)O)c1cc(I)ccc1Br. The lowest BCUT2D eigenvalue weighted by atomic mass is 10.1. The van der Waals surface area contributed by atoms with E-state index in [9.17, 15) is 14.7 Å². The van der Waals surface area contributed by atoms with Crippen LogP contribution in [0.2, 0.25) is 0 Å². The third kappa shape index (κ3) is 3.73. The van der Waals surface area contributed by atoms with Crippen molar-refractivity contribution in [2.75, 3.05) is 5.32 Å². The van der Waals surface area contributed by atoms with Gasteiger partial charge in [-0.05, 0) is 74.9 Å². The van der Waals surface area contributed by atoms with Gasteiger partial charge in [0, 0.05) is 8.04 Å². The number of anilines is 1. The minimum absolute atomic E-state index is 0.121. The Morgan fingerprint density at radius 2 is 1.81 bits per heavy atom. The number of aromatic hydroxyl groups is 1. The standard InChI is InChI=1S/C14H9BrINO4/c15-11-3-1-7(16)5-9(11)13(19)17-12-4-2-8(18)6-10(12)14(20)21/h1-6,18H,(H,17,19)(H,20,21). The summed E-state index contributed by atoms with van der Waals surface area (Å²) in [5.74, 6) is -1.85. The summed E-state index contributed by atoms with van der Waals surface area (Å²) in [5, 5.41) is 21.0. The fraction of sp³-hybridized carbons (Fsp3) is 0. The van der Waals surface area contributed by atoms with E-state index in [0.29, 0.717) is 10.0 Å². The van der Waals surface area contributed by atoms with Crippen LogP contribution in [-0.2, 0) is 0 Å². The molecule has 108 valence electrons. The number of hydrogen-bond donors (Lipinski definition) is 3. The molecule has 0 unspecified atom stereocenters. The summed E-state index contributed by atoms with van der Waals surface area (Å²) in [7, 11) is 0. The first kappa shape index (κ1) is 15.8. The average molecular weight is 462 g/mol. The van der Waals surface area contributed by atoms with Gasteiger partial charge in [0.2, 0.25) is 0 Å². The van der Waals surface area contributed by atoms with Crippen LogP contribution in [0.1, 0.15) is 20.7 Å². The summed E-state index contributed by atoms with van der Waals surface area (Å²) < 4.78 is 1.49. The minimum atomic E-state index is -1.23. The molecule has 0 saturated carbocycles. The molecule has 0 heterocycles. The number of phenolic OH excluding ortho intramolecular Hbond substituents is 1. The van der Waals surface area contributed by atoms with Gasteiger partial charge in [-0.15, -0.1) is 0 Å². The monoisotopic (exact) mass is 461 g/mol. The van der Waals surface area contributed by atoms with E-state index in [1.807, 2.05) is 6.07 Å². The Labute approximate surface area is 142 Å². The number of nitrogens with one attached hydrogen (secondary N) is 1. The first-order valence-electron chi connectivity index (χ1n) is 5.71. The van der Waals surface area contributed by atoms with Gasteiger partial charge < -0.3 is 15.5 Å². The van der Waals surface area contributed by atoms with Crippen LogP contribution >= 0.6 is 38.5 Å². The van der Waals surface area contributed by atoms with Gasteiger partial charge in [-0.2, -0.15) is 0 Å². The predicted octanol–water partition coefficient (Wildman–Crippen LogP) is 3.71. The van der Waals surface area contributed by atoms with E-state index in [1.165, 1.54) is 12.1 Å². The Kier molecular flexibility index (Phi) is 4.84. The molecule has 2 rings (SSSR count). The molecule has 0 spiro atoms. The van der Waals surface area contributed by atoms with Crippen molar-refractivity contribution in [1.29, 1.82) is 0 Å². The Morgan fingerprint density at radius 1 is 1.10 bits per heavy atom. The van der Waals surface area contributed by atoms with Crippen molar-refractivity contribution in [2.24, 2.45) is 0 Å². The molecule has 2 aromatic rings. The molecule has 0 aromatic heterocycles. The van der Waals surface area contributed by atoms with E-state index >= 15 is 0 Å². The van der Waals surface area contributed by atoms with Crippen LogP contribution < -0.4 is 5.32 Å². The van der Waals surface area contributed by atoms with E-state index in [-0.39, 0.29) is 17.0 Å². The van der Waals surface area contributed by atoms with Crippen LogP contribution in [0.5, 0.6) is 5.75 Å². The molecule has 21 heavy (non-hydrogen) atoms. The first-order valence-corrected chi connectivity index (χ1v) is 7.58. The molecule has 7 heteroatoms. The normalized spacial score (nSPS) is 10.2. The molecule has 1 amide bonds. The van der Waals surface area contributed by atoms with Crippen molar-refractivity contribution in [3.05, 3.63) is 55.6 Å². The molecule has 0 fully saturated rings. The number of halogens is 2. The zero-order valence-electron chi connectivity index (χ0n) is 10.4. The van der Waals surface area contributed by atoms with E-state index < -0.39 is 11.9 Å². The first-order chi connectivity index (χ1) is 9.88. The van der Waals surface area contributed by atoms with Gasteiger partial charge in [0.15, 0.2) is 0 Å². The number of carboxylic acids is 1. The second-order valence-electron chi connectivity index (χ2n) is 4.11. The molecule has 0 aliphatic carbocycles. The highest BCUT2D eigenvalue weighted by molar-refractivity contribution is 14.1. The Hall–Kier alpha value is -1.61. The summed E-state index contributed by atoms with van der Waals surface area (Å²) in [4.78, 5) is 23.4. The van der Waals surface area contributed by atoms with Crippen molar-refractivity contribution >= 4 is 56.1 Å². The smallest absolute Gasteiger partial charge is 0.337 e. The number of aromatic carboxylic acids is 1. The third-order valence-corrected chi connectivity index (χ3v) is 4.02. The number of carbonyl (C=O) groups excluding carboxylic acids is 1. The zero-order valence-corrected chi connectivity index (χ0v) is 14.2. The molecule has 2 aromatic carbocycles. The molecule has 5 nitrogen and oxygen atoms in total. The van der Waals surface area contributed by atoms with Crippen LogP contribution in [0.3, 0.4) is 0 Å². The summed E-state index contributed by atoms with van der Waals surface area (Å²) >= 11 is 5.36. The highest BCUT2D eigenvalue weighted by atomic mass is 127. The maximum absolute atomic E-state index is 12.2. The van der Waals surface area contributed by atoms with E-state index in [0.717, 1.165) is 9.64 Å². The lowest BCUT2D eigenvalue weighted by Crippen LogP contribution is -2.15. The van der Waals surface area contributed by atoms with Gasteiger partial charge in [0.25, 0.3) is 5.91 Å². The Morgan fingerprint density at radius 3 is 2.48 bits per heavy atom. The minimum Gasteiger partial charge on any atom is -0.508 e. The summed E-state index contributed by atoms with van der Waals surface area (Å²) in [6.45, 7) is 0. The van der Waals surface area contributed by atoms with Crippen LogP contribution in [0.15, 0.2) is 40.9 Å². The second kappa shape index (κ2) is 6.44. The lowest BCUT2D eigenvalue weighted by molar-refractivity contribution is 0.0697. The summed E-state index contributed by atoms with van der Waals surface area (Å²) in [6, 6.07) is 9.00. The second-order valence-corrected chi connectivity index (χ2v) is 6.21. The highest BCUT2D eigenvalue weighted by Gasteiger charge is 2.16. The topological polar surface area (TPSA) is 86.6 Å². The van der Waals surface area contributed by atoms with Crippen LogP contribution in [-0.4, -0.2) is 22.1 Å². The number of amides is 1. The maximum atomic E-state index is 12.2. The molecular formula is C14H9BrINO4. The van der Waals surface area contributed by atoms with Gasteiger partial charge in [-0.25, -0.2) is 4.79 Å². The van der Waals surface area contributed by atoms with Crippen molar-refractivity contribution < 1.29 is 19.8 Å². The fourth-order valence-electron chi connectivity index (χ4n) is 1.68. The van der Waals surface area contributed by atoms with Crippen LogP contribution in [0, 0.1) is 3.57 Å². The predicted molar refractivity (Wildman–Crippen MR) is 89.9 cm³/mol. The molecule has 0 aliphatic rings. The molecule has 0 radical (unpaired) electrons. The van der Waals surface area contributed by atoms with Gasteiger partial charge in [0.1, 0.15) is 5.75 Å². The molecule has 0 bridgehead atoms. The zero-order chi connectivity index (χ0) is 15.6. The number of carbonyl (C=O) groups is 2. The number of rotatable bonds is 3. The van der Waals surface area contributed by atoms with Crippen molar-refractivity contribution in [2.45, 2.75) is 0 Å². The fourth-order valence-corrected chi connectivity index (χ4v) is 2.60. The number of hydrogen-bond acceptors (Lipinski definition) is 3. The van der Waals surface area contributed by atoms with Crippen LogP contribution in [0.4, 0.5) is 5.69 Å². The Bertz CT molecular complexity index is 733. The average Bonchev–Trinajstić information content (AvgIpc) is 2.43. The highest BCUT2D eigenvalue weighted by Crippen LogP contribution is 2.24. The number of phenols is 1. The maximum Gasteiger partial charge on any atom is 0.337 e. The number of carboxylic acid groups (broad SMARTS) is 1. The molecule has 0 atom stereocenters. The van der Waals surface area contributed by atoms with Crippen molar-refractivity contribution in [3.63, 3.8) is 0 Å². The van der Waals surface area contributed by atoms with Gasteiger partial charge in [-0.3, -0.25) is 4.79 Å². The van der Waals surface area contributed by atoms with E-state index in [1.54, 1.807) is 12.1 Å². The lowest BCUT2D eigenvalue weighted by Gasteiger charge is -2.10. The van der Waals surface area contributed by atoms with Crippen molar-refractivity contribution in [3.8, 4) is 5.75 Å². The van der Waals surface area contributed by atoms with Gasteiger partial charge in [-0.1, -0.05) is 0 Å². The number of benzene rings is 2. The molecule has 3 N–H and O–H groups in total. The van der Waals surface area contributed by atoms with Gasteiger partial charge in [0.05, 0.1) is 16.8 Å². The third-order valence-electron chi connectivity index (χ3n) is 2.65. The Balaban J connectivity index is 2.36. The summed E-state index contributed by atoms with van der Waals surface area (Å²) in [5.41, 5.74) is 0.340. The molecule has 0 aliphatic heterocycles. The quantitative estimate of drug-likeness (QED) is 0.480. The van der Waals surface area contributed by atoms with Crippen LogP contribution in [0.25, 0.3) is 0 Å². The van der Waals surface area contributed by atoms with E-state index in [2.05, 4.69) is 43.8 Å². The molecular weight excluding hydrogens is 453 g/mol. The van der Waals surface area contributed by atoms with Gasteiger partial charge >= 0.3 is 5.97 Å². The largest absolute Gasteiger partial charge is 0.508 e. The van der Waals surface area contributed by atoms with Crippen molar-refractivity contribution in [1.82, 2.24) is 0 Å². The summed E-state index contributed by atoms with van der Waals surface area (Å²) in [6.07, 6.45) is 0.